The molecule has 2 aromatic carbocycles. The van der Waals surface area contributed by atoms with Crippen molar-refractivity contribution in [1.29, 1.82) is 0 Å². The first-order chi connectivity index (χ1) is 10.0. The van der Waals surface area contributed by atoms with Crippen LogP contribution in [0.3, 0.4) is 0 Å². The number of ether oxygens (including phenoxy) is 1. The Balaban J connectivity index is 2.37. The normalized spacial score (nSPS) is 12.2. The van der Waals surface area contributed by atoms with Crippen molar-refractivity contribution in [3.63, 3.8) is 0 Å². The molecule has 1 atom stereocenters. The van der Waals surface area contributed by atoms with E-state index >= 15 is 0 Å². The fourth-order valence-corrected chi connectivity index (χ4v) is 2.98. The van der Waals surface area contributed by atoms with Crippen LogP contribution in [0.1, 0.15) is 33.9 Å². The average Bonchev–Trinajstić information content (AvgIpc) is 2.44. The quantitative estimate of drug-likeness (QED) is 0.891. The molecule has 1 N–H and O–H groups in total. The van der Waals surface area contributed by atoms with E-state index in [4.69, 9.17) is 4.74 Å². The van der Waals surface area contributed by atoms with Crippen molar-refractivity contribution in [1.82, 2.24) is 5.32 Å². The van der Waals surface area contributed by atoms with Crippen molar-refractivity contribution in [2.75, 3.05) is 14.2 Å². The van der Waals surface area contributed by atoms with Gasteiger partial charge in [0.05, 0.1) is 7.11 Å². The van der Waals surface area contributed by atoms with Crippen molar-refractivity contribution >= 4 is 0 Å². The number of hydrogen-bond donors (Lipinski definition) is 1. The van der Waals surface area contributed by atoms with Gasteiger partial charge < -0.3 is 10.1 Å². The van der Waals surface area contributed by atoms with Gasteiger partial charge in [-0.2, -0.15) is 0 Å². The predicted octanol–water partition coefficient (Wildman–Crippen LogP) is 4.12. The minimum atomic E-state index is 0.252. The molecular formula is C19H25NO. The summed E-state index contributed by atoms with van der Waals surface area (Å²) in [6, 6.07) is 13.3. The third-order valence-corrected chi connectivity index (χ3v) is 3.93. The van der Waals surface area contributed by atoms with Gasteiger partial charge in [-0.25, -0.2) is 0 Å². The number of aryl methyl sites for hydroxylation is 3. The van der Waals surface area contributed by atoms with E-state index in [9.17, 15) is 0 Å². The molecular weight excluding hydrogens is 258 g/mol. The summed E-state index contributed by atoms with van der Waals surface area (Å²) in [4.78, 5) is 0. The lowest BCUT2D eigenvalue weighted by Crippen LogP contribution is -2.21. The van der Waals surface area contributed by atoms with E-state index in [1.165, 1.54) is 27.8 Å². The van der Waals surface area contributed by atoms with Crippen molar-refractivity contribution in [3.05, 3.63) is 64.2 Å². The topological polar surface area (TPSA) is 21.3 Å². The van der Waals surface area contributed by atoms with Crippen molar-refractivity contribution in [2.24, 2.45) is 0 Å². The Kier molecular flexibility index (Phi) is 5.03. The van der Waals surface area contributed by atoms with Crippen LogP contribution in [-0.2, 0) is 6.42 Å². The van der Waals surface area contributed by atoms with E-state index in [2.05, 4.69) is 62.5 Å². The lowest BCUT2D eigenvalue weighted by atomic mass is 9.93. The molecule has 0 fully saturated rings. The molecule has 2 rings (SSSR count). The lowest BCUT2D eigenvalue weighted by Gasteiger charge is -2.22. The predicted molar refractivity (Wildman–Crippen MR) is 89.2 cm³/mol. The highest BCUT2D eigenvalue weighted by molar-refractivity contribution is 5.45. The summed E-state index contributed by atoms with van der Waals surface area (Å²) < 4.78 is 5.61. The van der Waals surface area contributed by atoms with Gasteiger partial charge in [-0.15, -0.1) is 0 Å². The Hall–Kier alpha value is -1.80. The minimum absolute atomic E-state index is 0.252. The van der Waals surface area contributed by atoms with E-state index in [0.29, 0.717) is 0 Å². The number of rotatable bonds is 5. The first-order valence-corrected chi connectivity index (χ1v) is 7.43. The molecule has 0 aliphatic rings. The number of methoxy groups -OCH3 is 1. The highest BCUT2D eigenvalue weighted by Crippen LogP contribution is 2.32. The fraction of sp³-hybridized carbons (Fsp3) is 0.368. The third kappa shape index (κ3) is 3.64. The number of hydrogen-bond acceptors (Lipinski definition) is 2. The van der Waals surface area contributed by atoms with Gasteiger partial charge in [-0.05, 0) is 57.0 Å². The molecule has 0 saturated carbocycles. The first kappa shape index (κ1) is 15.6. The summed E-state index contributed by atoms with van der Waals surface area (Å²) in [6.07, 6.45) is 0.957. The van der Waals surface area contributed by atoms with Gasteiger partial charge in [0.25, 0.3) is 0 Å². The van der Waals surface area contributed by atoms with Gasteiger partial charge in [0.15, 0.2) is 0 Å². The SMILES string of the molecule is CNC(Cc1cccc(C)c1)c1c(C)cc(C)cc1OC. The van der Waals surface area contributed by atoms with Crippen LogP contribution in [0.2, 0.25) is 0 Å². The van der Waals surface area contributed by atoms with Crippen LogP contribution in [0.4, 0.5) is 0 Å². The zero-order valence-corrected chi connectivity index (χ0v) is 13.7. The summed E-state index contributed by atoms with van der Waals surface area (Å²) in [5.41, 5.74) is 6.41. The fourth-order valence-electron chi connectivity index (χ4n) is 2.98. The van der Waals surface area contributed by atoms with Gasteiger partial charge >= 0.3 is 0 Å². The summed E-state index contributed by atoms with van der Waals surface area (Å²) >= 11 is 0. The van der Waals surface area contributed by atoms with Gasteiger partial charge in [-0.1, -0.05) is 35.9 Å². The molecule has 1 unspecified atom stereocenters. The van der Waals surface area contributed by atoms with Crippen LogP contribution in [0.15, 0.2) is 36.4 Å². The molecule has 2 nitrogen and oxygen atoms in total. The third-order valence-electron chi connectivity index (χ3n) is 3.93. The maximum Gasteiger partial charge on any atom is 0.124 e. The molecule has 0 bridgehead atoms. The molecule has 0 aliphatic heterocycles. The summed E-state index contributed by atoms with van der Waals surface area (Å²) in [7, 11) is 3.76. The highest BCUT2D eigenvalue weighted by atomic mass is 16.5. The van der Waals surface area contributed by atoms with Gasteiger partial charge in [0.2, 0.25) is 0 Å². The van der Waals surface area contributed by atoms with Gasteiger partial charge in [0, 0.05) is 11.6 Å². The molecule has 0 heterocycles. The van der Waals surface area contributed by atoms with Crippen molar-refractivity contribution < 1.29 is 4.74 Å². The van der Waals surface area contributed by atoms with Crippen molar-refractivity contribution in [3.8, 4) is 5.75 Å². The summed E-state index contributed by atoms with van der Waals surface area (Å²) in [6.45, 7) is 6.40. The van der Waals surface area contributed by atoms with E-state index in [0.717, 1.165) is 12.2 Å². The Morgan fingerprint density at radius 2 is 1.81 bits per heavy atom. The lowest BCUT2D eigenvalue weighted by molar-refractivity contribution is 0.400. The maximum atomic E-state index is 5.61. The molecule has 0 aliphatic carbocycles. The van der Waals surface area contributed by atoms with Crippen molar-refractivity contribution in [2.45, 2.75) is 33.2 Å². The van der Waals surface area contributed by atoms with Crippen LogP contribution >= 0.6 is 0 Å². The van der Waals surface area contributed by atoms with Crippen LogP contribution in [-0.4, -0.2) is 14.2 Å². The monoisotopic (exact) mass is 283 g/mol. The zero-order valence-electron chi connectivity index (χ0n) is 13.7. The second-order valence-corrected chi connectivity index (χ2v) is 5.73. The first-order valence-electron chi connectivity index (χ1n) is 7.43. The average molecular weight is 283 g/mol. The molecule has 2 aromatic rings. The van der Waals surface area contributed by atoms with Crippen LogP contribution in [0.5, 0.6) is 5.75 Å². The highest BCUT2D eigenvalue weighted by Gasteiger charge is 2.18. The van der Waals surface area contributed by atoms with E-state index in [-0.39, 0.29) is 6.04 Å². The molecule has 0 radical (unpaired) electrons. The van der Waals surface area contributed by atoms with Crippen LogP contribution in [0.25, 0.3) is 0 Å². The molecule has 2 heteroatoms. The standard InChI is InChI=1S/C19H25NO/c1-13-7-6-8-16(10-13)12-17(20-4)19-15(3)9-14(2)11-18(19)21-5/h6-11,17,20H,12H2,1-5H3. The summed E-state index contributed by atoms with van der Waals surface area (Å²) in [5.74, 6) is 0.972. The van der Waals surface area contributed by atoms with E-state index in [1.807, 2.05) is 7.05 Å². The second-order valence-electron chi connectivity index (χ2n) is 5.73. The molecule has 21 heavy (non-hydrogen) atoms. The Morgan fingerprint density at radius 1 is 1.05 bits per heavy atom. The second kappa shape index (κ2) is 6.77. The number of likely N-dealkylation sites (N-methyl/N-ethyl adjacent to an activating group) is 1. The summed E-state index contributed by atoms with van der Waals surface area (Å²) in [5, 5.41) is 3.44. The Labute approximate surface area is 128 Å². The molecule has 112 valence electrons. The number of benzene rings is 2. The minimum Gasteiger partial charge on any atom is -0.496 e. The van der Waals surface area contributed by atoms with Crippen LogP contribution < -0.4 is 10.1 Å². The molecule has 0 saturated heterocycles. The zero-order chi connectivity index (χ0) is 15.4. The maximum absolute atomic E-state index is 5.61. The van der Waals surface area contributed by atoms with Crippen LogP contribution in [0, 0.1) is 20.8 Å². The Morgan fingerprint density at radius 3 is 2.43 bits per heavy atom. The smallest absolute Gasteiger partial charge is 0.124 e. The molecule has 0 amide bonds. The number of nitrogens with one attached hydrogen (secondary N) is 1. The molecule has 0 spiro atoms. The van der Waals surface area contributed by atoms with E-state index < -0.39 is 0 Å². The van der Waals surface area contributed by atoms with Gasteiger partial charge in [0.1, 0.15) is 5.75 Å². The van der Waals surface area contributed by atoms with E-state index in [1.54, 1.807) is 7.11 Å². The Bertz CT molecular complexity index is 619. The van der Waals surface area contributed by atoms with Gasteiger partial charge in [-0.3, -0.25) is 0 Å². The largest absolute Gasteiger partial charge is 0.496 e. The molecule has 0 aromatic heterocycles.